The number of halogens is 1. The van der Waals surface area contributed by atoms with Crippen LogP contribution in [-0.4, -0.2) is 21.2 Å². The molecule has 1 aliphatic carbocycles. The number of nitrogens with one attached hydrogen (secondary N) is 1. The molecule has 0 aliphatic heterocycles. The van der Waals surface area contributed by atoms with Crippen LogP contribution in [0, 0.1) is 12.7 Å². The molecule has 0 amide bonds. The third-order valence-electron chi connectivity index (χ3n) is 5.41. The van der Waals surface area contributed by atoms with Crippen molar-refractivity contribution in [3.05, 3.63) is 59.4 Å². The second-order valence-electron chi connectivity index (χ2n) is 7.49. The Kier molecular flexibility index (Phi) is 5.74. The minimum Gasteiger partial charge on any atom is -0.497 e. The summed E-state index contributed by atoms with van der Waals surface area (Å²) >= 11 is 0. The first kappa shape index (κ1) is 20.3. The highest BCUT2D eigenvalue weighted by Gasteiger charge is 2.33. The molecule has 28 heavy (non-hydrogen) atoms. The number of nitrogens with zero attached hydrogens (tertiary/aromatic N) is 1. The van der Waals surface area contributed by atoms with Gasteiger partial charge < -0.3 is 4.74 Å². The first-order valence-corrected chi connectivity index (χ1v) is 10.7. The molecular formula is C21H25FN2O3S. The fraction of sp³-hybridized carbons (Fsp3) is 0.381. The number of hydrogen-bond acceptors (Lipinski definition) is 4. The van der Waals surface area contributed by atoms with Crippen molar-refractivity contribution in [2.75, 3.05) is 7.11 Å². The van der Waals surface area contributed by atoms with E-state index in [2.05, 4.69) is 9.93 Å². The first-order valence-electron chi connectivity index (χ1n) is 9.21. The molecule has 7 heteroatoms. The van der Waals surface area contributed by atoms with Crippen molar-refractivity contribution in [3.8, 4) is 5.75 Å². The van der Waals surface area contributed by atoms with Crippen molar-refractivity contribution in [2.24, 2.45) is 5.10 Å². The molecule has 1 saturated carbocycles. The van der Waals surface area contributed by atoms with Gasteiger partial charge in [0.1, 0.15) is 11.6 Å². The summed E-state index contributed by atoms with van der Waals surface area (Å²) in [6, 6.07) is 11.6. The summed E-state index contributed by atoms with van der Waals surface area (Å²) in [4.78, 5) is 2.51. The Bertz CT molecular complexity index is 975. The zero-order chi connectivity index (χ0) is 20.4. The number of hydrazone groups is 1. The van der Waals surface area contributed by atoms with Gasteiger partial charge in [-0.1, -0.05) is 30.7 Å². The van der Waals surface area contributed by atoms with Gasteiger partial charge in [0.15, 0.2) is 0 Å². The molecule has 0 bridgehead atoms. The van der Waals surface area contributed by atoms with Crippen LogP contribution in [0.4, 0.5) is 4.39 Å². The van der Waals surface area contributed by atoms with Gasteiger partial charge in [0.25, 0.3) is 10.0 Å². The molecule has 2 aromatic rings. The van der Waals surface area contributed by atoms with E-state index in [-0.39, 0.29) is 16.1 Å². The third kappa shape index (κ3) is 4.35. The Morgan fingerprint density at radius 2 is 1.75 bits per heavy atom. The summed E-state index contributed by atoms with van der Waals surface area (Å²) < 4.78 is 44.3. The predicted octanol–water partition coefficient (Wildman–Crippen LogP) is 4.31. The van der Waals surface area contributed by atoms with Crippen LogP contribution in [0.5, 0.6) is 5.75 Å². The van der Waals surface area contributed by atoms with Gasteiger partial charge in [-0.05, 0) is 61.8 Å². The molecule has 0 saturated heterocycles. The lowest BCUT2D eigenvalue weighted by atomic mass is 9.70. The predicted molar refractivity (Wildman–Crippen MR) is 108 cm³/mol. The normalized spacial score (nSPS) is 19.9. The highest BCUT2D eigenvalue weighted by Crippen LogP contribution is 2.40. The van der Waals surface area contributed by atoms with Crippen LogP contribution in [0.2, 0.25) is 0 Å². The second-order valence-corrected chi connectivity index (χ2v) is 9.15. The maximum Gasteiger partial charge on any atom is 0.276 e. The summed E-state index contributed by atoms with van der Waals surface area (Å²) in [7, 11) is -2.17. The average Bonchev–Trinajstić information content (AvgIpc) is 2.67. The Morgan fingerprint density at radius 3 is 2.32 bits per heavy atom. The van der Waals surface area contributed by atoms with Crippen molar-refractivity contribution < 1.29 is 17.5 Å². The molecule has 1 aliphatic rings. The van der Waals surface area contributed by atoms with Gasteiger partial charge >= 0.3 is 0 Å². The largest absolute Gasteiger partial charge is 0.497 e. The molecule has 150 valence electrons. The zero-order valence-corrected chi connectivity index (χ0v) is 17.1. The highest BCUT2D eigenvalue weighted by atomic mass is 32.2. The summed E-state index contributed by atoms with van der Waals surface area (Å²) in [6.07, 6.45) is 2.61. The van der Waals surface area contributed by atoms with Gasteiger partial charge in [-0.3, -0.25) is 0 Å². The summed E-state index contributed by atoms with van der Waals surface area (Å²) in [6.45, 7) is 3.93. The smallest absolute Gasteiger partial charge is 0.276 e. The SMILES string of the molecule is COc1ccc(C2(C)CCC(=NNS(=O)(=O)c3ccc(C)cc3)CC2)c(F)c1. The molecular weight excluding hydrogens is 379 g/mol. The van der Waals surface area contributed by atoms with E-state index in [1.165, 1.54) is 13.2 Å². The van der Waals surface area contributed by atoms with Gasteiger partial charge in [-0.2, -0.15) is 13.5 Å². The average molecular weight is 405 g/mol. The topological polar surface area (TPSA) is 67.8 Å². The quantitative estimate of drug-likeness (QED) is 0.755. The molecule has 5 nitrogen and oxygen atoms in total. The van der Waals surface area contributed by atoms with E-state index in [0.717, 1.165) is 11.3 Å². The standard InChI is InChI=1S/C21H25FN2O3S/c1-15-4-7-18(8-5-15)28(25,26)24-23-16-10-12-21(2,13-11-16)19-9-6-17(27-3)14-20(19)22/h4-9,14,24H,10-13H2,1-3H3. The monoisotopic (exact) mass is 404 g/mol. The van der Waals surface area contributed by atoms with Crippen LogP contribution in [-0.2, 0) is 15.4 Å². The van der Waals surface area contributed by atoms with Crippen molar-refractivity contribution in [2.45, 2.75) is 49.8 Å². The van der Waals surface area contributed by atoms with E-state index in [4.69, 9.17) is 4.74 Å². The molecule has 2 aromatic carbocycles. The molecule has 1 N–H and O–H groups in total. The second kappa shape index (κ2) is 7.91. The van der Waals surface area contributed by atoms with E-state index < -0.39 is 10.0 Å². The Hall–Kier alpha value is -2.41. The number of aryl methyl sites for hydroxylation is 1. The fourth-order valence-electron chi connectivity index (χ4n) is 3.48. The minimum absolute atomic E-state index is 0.184. The molecule has 0 heterocycles. The molecule has 3 rings (SSSR count). The van der Waals surface area contributed by atoms with Crippen molar-refractivity contribution >= 4 is 15.7 Å². The van der Waals surface area contributed by atoms with Gasteiger partial charge in [-0.15, -0.1) is 0 Å². The van der Waals surface area contributed by atoms with Crippen LogP contribution < -0.4 is 9.57 Å². The Labute approximate surface area is 165 Å². The summed E-state index contributed by atoms with van der Waals surface area (Å²) in [5.41, 5.74) is 2.11. The highest BCUT2D eigenvalue weighted by molar-refractivity contribution is 7.89. The minimum atomic E-state index is -3.68. The molecule has 0 spiro atoms. The fourth-order valence-corrected chi connectivity index (χ4v) is 4.33. The van der Waals surface area contributed by atoms with Gasteiger partial charge in [-0.25, -0.2) is 9.22 Å². The van der Waals surface area contributed by atoms with E-state index in [9.17, 15) is 12.8 Å². The van der Waals surface area contributed by atoms with E-state index in [1.807, 2.05) is 13.8 Å². The van der Waals surface area contributed by atoms with Crippen molar-refractivity contribution in [3.63, 3.8) is 0 Å². The molecule has 0 radical (unpaired) electrons. The Balaban J connectivity index is 1.68. The summed E-state index contributed by atoms with van der Waals surface area (Å²) in [5.74, 6) is 0.218. The van der Waals surface area contributed by atoms with Crippen LogP contribution in [0.15, 0.2) is 52.5 Å². The number of sulfonamides is 1. The van der Waals surface area contributed by atoms with Crippen LogP contribution in [0.25, 0.3) is 0 Å². The number of methoxy groups -OCH3 is 1. The van der Waals surface area contributed by atoms with Gasteiger partial charge in [0.2, 0.25) is 0 Å². The maximum atomic E-state index is 14.5. The lowest BCUT2D eigenvalue weighted by Crippen LogP contribution is -2.31. The molecule has 1 fully saturated rings. The van der Waals surface area contributed by atoms with E-state index in [0.29, 0.717) is 37.0 Å². The van der Waals surface area contributed by atoms with E-state index in [1.54, 1.807) is 36.4 Å². The lowest BCUT2D eigenvalue weighted by Gasteiger charge is -2.35. The number of ether oxygens (including phenoxy) is 1. The lowest BCUT2D eigenvalue weighted by molar-refractivity contribution is 0.370. The molecule has 0 aromatic heterocycles. The van der Waals surface area contributed by atoms with E-state index >= 15 is 0 Å². The Morgan fingerprint density at radius 1 is 1.11 bits per heavy atom. The first-order chi connectivity index (χ1) is 13.2. The molecule has 0 unspecified atom stereocenters. The van der Waals surface area contributed by atoms with Gasteiger partial charge in [0, 0.05) is 11.8 Å². The van der Waals surface area contributed by atoms with Crippen molar-refractivity contribution in [1.82, 2.24) is 4.83 Å². The molecule has 0 atom stereocenters. The van der Waals surface area contributed by atoms with Crippen LogP contribution in [0.1, 0.15) is 43.7 Å². The van der Waals surface area contributed by atoms with Crippen molar-refractivity contribution in [1.29, 1.82) is 0 Å². The maximum absolute atomic E-state index is 14.5. The summed E-state index contributed by atoms with van der Waals surface area (Å²) in [5, 5.41) is 4.13. The number of benzene rings is 2. The number of hydrogen-bond donors (Lipinski definition) is 1. The zero-order valence-electron chi connectivity index (χ0n) is 16.3. The number of rotatable bonds is 5. The van der Waals surface area contributed by atoms with Crippen LogP contribution in [0.3, 0.4) is 0 Å². The van der Waals surface area contributed by atoms with Gasteiger partial charge in [0.05, 0.1) is 12.0 Å². The third-order valence-corrected chi connectivity index (χ3v) is 6.64. The van der Waals surface area contributed by atoms with Crippen LogP contribution >= 0.6 is 0 Å².